The van der Waals surface area contributed by atoms with Crippen molar-refractivity contribution in [2.24, 2.45) is 5.41 Å². The number of thioether (sulfide) groups is 1. The van der Waals surface area contributed by atoms with Crippen LogP contribution >= 0.6 is 11.8 Å². The third-order valence-corrected chi connectivity index (χ3v) is 10.7. The van der Waals surface area contributed by atoms with Gasteiger partial charge in [0.25, 0.3) is 0 Å². The van der Waals surface area contributed by atoms with Gasteiger partial charge in [0.05, 0.1) is 4.90 Å². The number of hydrogen-bond acceptors (Lipinski definition) is 5. The van der Waals surface area contributed by atoms with Gasteiger partial charge in [-0.25, -0.2) is 8.42 Å². The Kier molecular flexibility index (Phi) is 5.01. The van der Waals surface area contributed by atoms with Gasteiger partial charge in [-0.15, -0.1) is 11.8 Å². The third-order valence-electron chi connectivity index (χ3n) is 6.99. The first kappa shape index (κ1) is 20.7. The van der Waals surface area contributed by atoms with Gasteiger partial charge in [0.15, 0.2) is 14.8 Å². The van der Waals surface area contributed by atoms with Gasteiger partial charge in [-0.3, -0.25) is 9.59 Å². The van der Waals surface area contributed by atoms with Crippen molar-refractivity contribution in [1.29, 1.82) is 0 Å². The predicted molar refractivity (Wildman–Crippen MR) is 113 cm³/mol. The summed E-state index contributed by atoms with van der Waals surface area (Å²) in [5, 5.41) is -0.875. The molecule has 3 aliphatic heterocycles. The SMILES string of the molecule is CS[C@]12[C@H](S(=O)(=O)c3ccccc3)C[C@](C)(C(=O)N1C)C(=O)N2C1CCCCC1. The first-order chi connectivity index (χ1) is 13.7. The molecule has 4 aliphatic rings. The lowest BCUT2D eigenvalue weighted by molar-refractivity contribution is -0.192. The van der Waals surface area contributed by atoms with E-state index in [1.165, 1.54) is 11.8 Å². The molecule has 6 nitrogen and oxygen atoms in total. The van der Waals surface area contributed by atoms with E-state index in [0.717, 1.165) is 32.1 Å². The molecule has 158 valence electrons. The Bertz CT molecular complexity index is 929. The molecular weight excluding hydrogens is 408 g/mol. The maximum atomic E-state index is 13.8. The van der Waals surface area contributed by atoms with E-state index in [1.54, 1.807) is 54.1 Å². The summed E-state index contributed by atoms with van der Waals surface area (Å²) in [6, 6.07) is 8.36. The van der Waals surface area contributed by atoms with Crippen LogP contribution in [0.3, 0.4) is 0 Å². The van der Waals surface area contributed by atoms with E-state index in [4.69, 9.17) is 0 Å². The van der Waals surface area contributed by atoms with Gasteiger partial charge < -0.3 is 9.80 Å². The number of benzene rings is 1. The number of fused-ring (bicyclic) bond motifs is 3. The Balaban J connectivity index is 1.91. The molecule has 5 rings (SSSR count). The normalized spacial score (nSPS) is 33.4. The van der Waals surface area contributed by atoms with Crippen molar-refractivity contribution in [3.63, 3.8) is 0 Å². The lowest BCUT2D eigenvalue weighted by Crippen LogP contribution is -2.82. The van der Waals surface area contributed by atoms with Crippen LogP contribution < -0.4 is 0 Å². The van der Waals surface area contributed by atoms with E-state index >= 15 is 0 Å². The highest BCUT2D eigenvalue weighted by Gasteiger charge is 2.72. The molecule has 4 fully saturated rings. The first-order valence-corrected chi connectivity index (χ1v) is 12.9. The van der Waals surface area contributed by atoms with E-state index in [9.17, 15) is 18.0 Å². The maximum Gasteiger partial charge on any atom is 0.240 e. The second-order valence-electron chi connectivity index (χ2n) is 8.58. The average molecular weight is 437 g/mol. The van der Waals surface area contributed by atoms with E-state index in [1.807, 2.05) is 6.26 Å². The highest BCUT2D eigenvalue weighted by Crippen LogP contribution is 2.57. The molecule has 0 N–H and O–H groups in total. The van der Waals surface area contributed by atoms with Crippen molar-refractivity contribution in [3.8, 4) is 0 Å². The van der Waals surface area contributed by atoms with E-state index in [0.29, 0.717) is 0 Å². The molecule has 1 aromatic carbocycles. The van der Waals surface area contributed by atoms with Gasteiger partial charge >= 0.3 is 0 Å². The third kappa shape index (κ3) is 2.71. The molecule has 8 heteroatoms. The second kappa shape index (κ2) is 7.01. The number of rotatable bonds is 4. The minimum absolute atomic E-state index is 0.0241. The Hall–Kier alpha value is -1.54. The van der Waals surface area contributed by atoms with Gasteiger partial charge in [-0.1, -0.05) is 37.5 Å². The minimum atomic E-state index is -3.76. The Labute approximate surface area is 176 Å². The molecule has 1 aliphatic carbocycles. The highest BCUT2D eigenvalue weighted by molar-refractivity contribution is 8.01. The van der Waals surface area contributed by atoms with Crippen molar-refractivity contribution in [2.75, 3.05) is 13.3 Å². The fourth-order valence-corrected chi connectivity index (χ4v) is 9.34. The number of carbonyl (C=O) groups is 2. The first-order valence-electron chi connectivity index (χ1n) is 10.2. The van der Waals surface area contributed by atoms with Crippen LogP contribution in [0, 0.1) is 5.41 Å². The summed E-state index contributed by atoms with van der Waals surface area (Å²) < 4.78 is 27.6. The quantitative estimate of drug-likeness (QED) is 0.679. The number of carbonyl (C=O) groups excluding carboxylic acids is 2. The molecule has 3 heterocycles. The summed E-state index contributed by atoms with van der Waals surface area (Å²) in [5.74, 6) is -0.482. The van der Waals surface area contributed by atoms with E-state index in [2.05, 4.69) is 0 Å². The molecule has 0 spiro atoms. The molecule has 2 amide bonds. The number of sulfone groups is 1. The zero-order valence-electron chi connectivity index (χ0n) is 17.1. The van der Waals surface area contributed by atoms with Crippen LogP contribution in [-0.2, 0) is 19.4 Å². The Morgan fingerprint density at radius 1 is 1.03 bits per heavy atom. The molecule has 29 heavy (non-hydrogen) atoms. The molecule has 3 atom stereocenters. The van der Waals surface area contributed by atoms with Crippen LogP contribution in [0.5, 0.6) is 0 Å². The second-order valence-corrected chi connectivity index (χ2v) is 11.7. The van der Waals surface area contributed by atoms with Crippen LogP contribution in [0.1, 0.15) is 45.4 Å². The van der Waals surface area contributed by atoms with Gasteiger partial charge in [0, 0.05) is 13.1 Å². The summed E-state index contributed by atoms with van der Waals surface area (Å²) in [7, 11) is -2.10. The van der Waals surface area contributed by atoms with Crippen LogP contribution in [0.15, 0.2) is 35.2 Å². The van der Waals surface area contributed by atoms with Crippen LogP contribution in [0.25, 0.3) is 0 Å². The molecule has 0 aromatic heterocycles. The van der Waals surface area contributed by atoms with Gasteiger partial charge in [0.2, 0.25) is 11.8 Å². The number of hydrogen-bond donors (Lipinski definition) is 0. The van der Waals surface area contributed by atoms with Crippen molar-refractivity contribution in [3.05, 3.63) is 30.3 Å². The monoisotopic (exact) mass is 436 g/mol. The minimum Gasteiger partial charge on any atom is -0.312 e. The van der Waals surface area contributed by atoms with Crippen LogP contribution in [0.4, 0.5) is 0 Å². The lowest BCUT2D eigenvalue weighted by atomic mass is 9.72. The fraction of sp³-hybridized carbons (Fsp3) is 0.619. The standard InChI is InChI=1S/C21H28N2O4S2/c1-20-14-17(29(26,27)16-12-8-5-9-13-16)21(28-3,22(2)18(20)24)23(19(20)25)15-10-6-4-7-11-15/h5,8-9,12-13,15,17H,4,6-7,10-11,14H2,1-3H3/t17-,20-,21-/m1/s1. The Morgan fingerprint density at radius 2 is 1.66 bits per heavy atom. The molecule has 3 saturated heterocycles. The van der Waals surface area contributed by atoms with Crippen LogP contribution in [0.2, 0.25) is 0 Å². The van der Waals surface area contributed by atoms with Gasteiger partial charge in [-0.05, 0) is 44.6 Å². The Morgan fingerprint density at radius 3 is 2.24 bits per heavy atom. The maximum absolute atomic E-state index is 13.8. The summed E-state index contributed by atoms with van der Waals surface area (Å²) in [6.45, 7) is 1.63. The summed E-state index contributed by atoms with van der Waals surface area (Å²) in [5.41, 5.74) is -1.34. The topological polar surface area (TPSA) is 74.8 Å². The molecule has 2 bridgehead atoms. The fourth-order valence-electron chi connectivity index (χ4n) is 5.45. The molecule has 1 aromatic rings. The lowest BCUT2D eigenvalue weighted by Gasteiger charge is -2.65. The summed E-state index contributed by atoms with van der Waals surface area (Å²) in [6.07, 6.45) is 6.70. The zero-order chi connectivity index (χ0) is 21.0. The number of piperidine rings is 2. The zero-order valence-corrected chi connectivity index (χ0v) is 18.8. The number of nitrogens with zero attached hydrogens (tertiary/aromatic N) is 2. The highest BCUT2D eigenvalue weighted by atomic mass is 32.2. The molecule has 0 unspecified atom stereocenters. The number of amides is 2. The van der Waals surface area contributed by atoms with Crippen molar-refractivity contribution >= 4 is 33.4 Å². The van der Waals surface area contributed by atoms with Crippen LogP contribution in [-0.4, -0.2) is 59.6 Å². The van der Waals surface area contributed by atoms with E-state index in [-0.39, 0.29) is 29.2 Å². The van der Waals surface area contributed by atoms with Gasteiger partial charge in [0.1, 0.15) is 10.7 Å². The van der Waals surface area contributed by atoms with Crippen molar-refractivity contribution in [2.45, 2.75) is 66.6 Å². The average Bonchev–Trinajstić information content (AvgIpc) is 2.74. The molecule has 0 radical (unpaired) electrons. The summed E-state index contributed by atoms with van der Waals surface area (Å²) >= 11 is 1.31. The van der Waals surface area contributed by atoms with Crippen molar-refractivity contribution < 1.29 is 18.0 Å². The molecular formula is C21H28N2O4S2. The predicted octanol–water partition coefficient (Wildman–Crippen LogP) is 2.89. The van der Waals surface area contributed by atoms with Gasteiger partial charge in [-0.2, -0.15) is 0 Å². The molecule has 1 saturated carbocycles. The smallest absolute Gasteiger partial charge is 0.240 e. The largest absolute Gasteiger partial charge is 0.312 e. The van der Waals surface area contributed by atoms with Crippen molar-refractivity contribution in [1.82, 2.24) is 9.80 Å². The summed E-state index contributed by atoms with van der Waals surface area (Å²) in [4.78, 5) is 29.1. The van der Waals surface area contributed by atoms with E-state index < -0.39 is 25.5 Å².